The zero-order chi connectivity index (χ0) is 14.4. The van der Waals surface area contributed by atoms with Gasteiger partial charge in [-0.05, 0) is 31.4 Å². The lowest BCUT2D eigenvalue weighted by Crippen LogP contribution is -2.39. The number of pyridine rings is 1. The number of benzene rings is 1. The third-order valence-electron chi connectivity index (χ3n) is 4.49. The van der Waals surface area contributed by atoms with E-state index in [0.29, 0.717) is 0 Å². The number of hydrazone groups is 1. The van der Waals surface area contributed by atoms with Crippen LogP contribution in [0.3, 0.4) is 0 Å². The SMILES string of the molecule is CC12CCc3ncc(-c4ccccc4)cc3C1=NNC2=O. The zero-order valence-electron chi connectivity index (χ0n) is 11.8. The molecular formula is C17H15N3O. The molecule has 0 bridgehead atoms. The van der Waals surface area contributed by atoms with E-state index in [1.54, 1.807) is 0 Å². The fourth-order valence-electron chi connectivity index (χ4n) is 3.10. The predicted octanol–water partition coefficient (Wildman–Crippen LogP) is 2.54. The van der Waals surface area contributed by atoms with E-state index in [-0.39, 0.29) is 5.91 Å². The molecule has 2 heterocycles. The number of amides is 1. The molecule has 0 radical (unpaired) electrons. The van der Waals surface area contributed by atoms with E-state index in [9.17, 15) is 4.79 Å². The Bertz CT molecular complexity index is 767. The number of fused-ring (bicyclic) bond motifs is 3. The first-order chi connectivity index (χ1) is 10.2. The van der Waals surface area contributed by atoms with E-state index >= 15 is 0 Å². The molecule has 4 nitrogen and oxygen atoms in total. The van der Waals surface area contributed by atoms with Crippen molar-refractivity contribution >= 4 is 11.6 Å². The lowest BCUT2D eigenvalue weighted by atomic mass is 9.72. The van der Waals surface area contributed by atoms with Crippen molar-refractivity contribution in [1.29, 1.82) is 0 Å². The summed E-state index contributed by atoms with van der Waals surface area (Å²) in [5.74, 6) is -0.00624. The van der Waals surface area contributed by atoms with Crippen molar-refractivity contribution in [3.63, 3.8) is 0 Å². The molecule has 4 rings (SSSR count). The molecular weight excluding hydrogens is 262 g/mol. The minimum absolute atomic E-state index is 0.00624. The number of rotatable bonds is 1. The number of aryl methyl sites for hydroxylation is 1. The summed E-state index contributed by atoms with van der Waals surface area (Å²) in [5.41, 5.74) is 7.16. The average molecular weight is 277 g/mol. The summed E-state index contributed by atoms with van der Waals surface area (Å²) in [6, 6.07) is 12.2. The Morgan fingerprint density at radius 3 is 2.81 bits per heavy atom. The molecule has 1 aromatic carbocycles. The zero-order valence-corrected chi connectivity index (χ0v) is 11.8. The molecule has 0 saturated heterocycles. The van der Waals surface area contributed by atoms with Gasteiger partial charge in [-0.3, -0.25) is 9.78 Å². The Kier molecular flexibility index (Phi) is 2.48. The molecule has 1 N–H and O–H groups in total. The third kappa shape index (κ3) is 1.72. The van der Waals surface area contributed by atoms with Gasteiger partial charge in [-0.1, -0.05) is 30.3 Å². The van der Waals surface area contributed by atoms with Crippen molar-refractivity contribution in [2.75, 3.05) is 0 Å². The van der Waals surface area contributed by atoms with E-state index in [1.807, 2.05) is 31.3 Å². The number of nitrogens with zero attached hydrogens (tertiary/aromatic N) is 2. The highest BCUT2D eigenvalue weighted by atomic mass is 16.2. The summed E-state index contributed by atoms with van der Waals surface area (Å²) in [4.78, 5) is 16.6. The van der Waals surface area contributed by atoms with Crippen LogP contribution in [-0.2, 0) is 11.2 Å². The fraction of sp³-hybridized carbons (Fsp3) is 0.235. The van der Waals surface area contributed by atoms with Gasteiger partial charge >= 0.3 is 0 Å². The topological polar surface area (TPSA) is 54.4 Å². The number of carbonyl (C=O) groups excluding carboxylic acids is 1. The molecule has 4 heteroatoms. The van der Waals surface area contributed by atoms with Gasteiger partial charge in [0.15, 0.2) is 0 Å². The van der Waals surface area contributed by atoms with Crippen molar-refractivity contribution in [1.82, 2.24) is 10.4 Å². The van der Waals surface area contributed by atoms with Crippen molar-refractivity contribution in [3.8, 4) is 11.1 Å². The lowest BCUT2D eigenvalue weighted by molar-refractivity contribution is -0.125. The Balaban J connectivity index is 1.86. The molecule has 2 aliphatic rings. The second kappa shape index (κ2) is 4.25. The van der Waals surface area contributed by atoms with Crippen LogP contribution in [0.25, 0.3) is 11.1 Å². The highest BCUT2D eigenvalue weighted by molar-refractivity contribution is 6.20. The Morgan fingerprint density at radius 1 is 1.19 bits per heavy atom. The monoisotopic (exact) mass is 277 g/mol. The van der Waals surface area contributed by atoms with Gasteiger partial charge in [0.1, 0.15) is 0 Å². The molecule has 2 aromatic rings. The number of aromatic nitrogens is 1. The van der Waals surface area contributed by atoms with Gasteiger partial charge in [0.2, 0.25) is 0 Å². The molecule has 1 aliphatic carbocycles. The Hall–Kier alpha value is -2.49. The molecule has 0 saturated carbocycles. The van der Waals surface area contributed by atoms with Crippen LogP contribution in [0, 0.1) is 5.41 Å². The number of hydrogen-bond acceptors (Lipinski definition) is 3. The van der Waals surface area contributed by atoms with E-state index in [0.717, 1.165) is 40.9 Å². The smallest absolute Gasteiger partial charge is 0.252 e. The molecule has 0 spiro atoms. The molecule has 21 heavy (non-hydrogen) atoms. The van der Waals surface area contributed by atoms with E-state index in [2.05, 4.69) is 33.7 Å². The lowest BCUT2D eigenvalue weighted by Gasteiger charge is -2.29. The summed E-state index contributed by atoms with van der Waals surface area (Å²) in [6.07, 6.45) is 3.48. The van der Waals surface area contributed by atoms with Crippen LogP contribution in [0.15, 0.2) is 47.7 Å². The molecule has 0 fully saturated rings. The minimum atomic E-state index is -0.510. The molecule has 1 unspecified atom stereocenters. The largest absolute Gasteiger partial charge is 0.272 e. The van der Waals surface area contributed by atoms with Crippen LogP contribution in [0.5, 0.6) is 0 Å². The van der Waals surface area contributed by atoms with Gasteiger partial charge in [-0.25, -0.2) is 5.43 Å². The second-order valence-corrected chi connectivity index (χ2v) is 5.82. The maximum absolute atomic E-state index is 12.0. The molecule has 1 atom stereocenters. The van der Waals surface area contributed by atoms with Gasteiger partial charge < -0.3 is 0 Å². The number of carbonyl (C=O) groups is 1. The maximum atomic E-state index is 12.0. The highest BCUT2D eigenvalue weighted by Crippen LogP contribution is 2.38. The standard InChI is InChI=1S/C17H15N3O/c1-17-8-7-14-13(15(17)19-20-16(17)21)9-12(10-18-14)11-5-3-2-4-6-11/h2-6,9-10H,7-8H2,1H3,(H,20,21). The number of hydrogen-bond donors (Lipinski definition) is 1. The normalized spacial score (nSPS) is 23.1. The second-order valence-electron chi connectivity index (χ2n) is 5.82. The van der Waals surface area contributed by atoms with Crippen molar-refractivity contribution in [3.05, 3.63) is 53.9 Å². The van der Waals surface area contributed by atoms with Crippen LogP contribution >= 0.6 is 0 Å². The van der Waals surface area contributed by atoms with Crippen LogP contribution in [-0.4, -0.2) is 16.6 Å². The quantitative estimate of drug-likeness (QED) is 0.871. The van der Waals surface area contributed by atoms with Crippen molar-refractivity contribution in [2.45, 2.75) is 19.8 Å². The van der Waals surface area contributed by atoms with Crippen LogP contribution in [0.1, 0.15) is 24.6 Å². The fourth-order valence-corrected chi connectivity index (χ4v) is 3.10. The molecule has 1 aliphatic heterocycles. The van der Waals surface area contributed by atoms with Crippen molar-refractivity contribution < 1.29 is 4.79 Å². The van der Waals surface area contributed by atoms with E-state index in [1.165, 1.54) is 0 Å². The number of nitrogens with one attached hydrogen (secondary N) is 1. The first-order valence-corrected chi connectivity index (χ1v) is 7.12. The van der Waals surface area contributed by atoms with Gasteiger partial charge in [0.25, 0.3) is 5.91 Å². The van der Waals surface area contributed by atoms with Gasteiger partial charge in [0.05, 0.1) is 11.1 Å². The van der Waals surface area contributed by atoms with Gasteiger partial charge in [0, 0.05) is 23.0 Å². The molecule has 1 amide bonds. The predicted molar refractivity (Wildman–Crippen MR) is 80.8 cm³/mol. The summed E-state index contributed by atoms with van der Waals surface area (Å²) in [7, 11) is 0. The Morgan fingerprint density at radius 2 is 2.00 bits per heavy atom. The summed E-state index contributed by atoms with van der Waals surface area (Å²) in [6.45, 7) is 1.96. The van der Waals surface area contributed by atoms with Gasteiger partial charge in [-0.15, -0.1) is 0 Å². The summed E-state index contributed by atoms with van der Waals surface area (Å²) < 4.78 is 0. The van der Waals surface area contributed by atoms with Crippen LogP contribution in [0.4, 0.5) is 0 Å². The third-order valence-corrected chi connectivity index (χ3v) is 4.49. The van der Waals surface area contributed by atoms with E-state index in [4.69, 9.17) is 0 Å². The molecule has 1 aromatic heterocycles. The van der Waals surface area contributed by atoms with Crippen molar-refractivity contribution in [2.24, 2.45) is 10.5 Å². The van der Waals surface area contributed by atoms with Crippen LogP contribution in [0.2, 0.25) is 0 Å². The van der Waals surface area contributed by atoms with Gasteiger partial charge in [-0.2, -0.15) is 5.10 Å². The first-order valence-electron chi connectivity index (χ1n) is 7.12. The summed E-state index contributed by atoms with van der Waals surface area (Å²) in [5, 5.41) is 4.26. The Labute approximate surface area is 122 Å². The van der Waals surface area contributed by atoms with Crippen LogP contribution < -0.4 is 5.43 Å². The summed E-state index contributed by atoms with van der Waals surface area (Å²) >= 11 is 0. The molecule has 104 valence electrons. The highest BCUT2D eigenvalue weighted by Gasteiger charge is 2.46. The first kappa shape index (κ1) is 12.3. The average Bonchev–Trinajstić information content (AvgIpc) is 2.84. The van der Waals surface area contributed by atoms with E-state index < -0.39 is 5.41 Å². The maximum Gasteiger partial charge on any atom is 0.252 e. The minimum Gasteiger partial charge on any atom is -0.272 e.